The molecule has 0 spiro atoms. The Hall–Kier alpha value is -7.63. The van der Waals surface area contributed by atoms with E-state index in [0.717, 1.165) is 50.1 Å². The monoisotopic (exact) mass is 893 g/mol. The van der Waals surface area contributed by atoms with Crippen LogP contribution in [0.15, 0.2) is 239 Å². The number of furan rings is 1. The fraction of sp³-hybridized carbons (Fsp3) is 0.0476. The van der Waals surface area contributed by atoms with Crippen LogP contribution in [0, 0.1) is 0 Å². The molecule has 4 heteroatoms. The van der Waals surface area contributed by atoms with Crippen LogP contribution in [-0.2, 0) is 5.41 Å². The predicted molar refractivity (Wildman–Crippen MR) is 286 cm³/mol. The van der Waals surface area contributed by atoms with Crippen molar-refractivity contribution in [2.75, 3.05) is 4.90 Å². The molecule has 13 rings (SSSR count). The number of fused-ring (bicyclic) bond motifs is 9. The van der Waals surface area contributed by atoms with Crippen LogP contribution < -0.4 is 4.90 Å². The van der Waals surface area contributed by atoms with Gasteiger partial charge in [0.25, 0.3) is 0 Å². The molecule has 0 radical (unpaired) electrons. The minimum absolute atomic E-state index is 0.0415. The van der Waals surface area contributed by atoms with Gasteiger partial charge in [0.15, 0.2) is 0 Å². The van der Waals surface area contributed by atoms with Crippen molar-refractivity contribution in [3.05, 3.63) is 236 Å². The molecule has 2 heterocycles. The molecule has 2 nitrogen and oxygen atoms in total. The van der Waals surface area contributed by atoms with Gasteiger partial charge in [0.05, 0.1) is 0 Å². The first-order chi connectivity index (χ1) is 33.0. The first-order valence-electron chi connectivity index (χ1n) is 22.9. The number of thiophene rings is 1. The smallest absolute Gasteiger partial charge is 0.143 e. The van der Waals surface area contributed by atoms with Crippen LogP contribution in [0.2, 0.25) is 0 Å². The second-order valence-electron chi connectivity index (χ2n) is 18.0. The Kier molecular flexibility index (Phi) is 9.35. The highest BCUT2D eigenvalue weighted by atomic mass is 32.2. The summed E-state index contributed by atoms with van der Waals surface area (Å²) in [5, 5.41) is 4.89. The highest BCUT2D eigenvalue weighted by molar-refractivity contribution is 7.99. The molecule has 0 aliphatic heterocycles. The Morgan fingerprint density at radius 3 is 1.66 bits per heavy atom. The van der Waals surface area contributed by atoms with Gasteiger partial charge in [-0.25, -0.2) is 0 Å². The number of anilines is 3. The van der Waals surface area contributed by atoms with Crippen molar-refractivity contribution in [1.82, 2.24) is 0 Å². The van der Waals surface area contributed by atoms with Gasteiger partial charge >= 0.3 is 0 Å². The third-order valence-corrected chi connectivity index (χ3v) is 16.2. The van der Waals surface area contributed by atoms with Crippen molar-refractivity contribution in [3.63, 3.8) is 0 Å². The topological polar surface area (TPSA) is 16.4 Å². The van der Waals surface area contributed by atoms with Gasteiger partial charge in [-0.2, -0.15) is 0 Å². The van der Waals surface area contributed by atoms with Crippen molar-refractivity contribution in [1.29, 1.82) is 0 Å². The average Bonchev–Trinajstić information content (AvgIpc) is 4.03. The Labute approximate surface area is 398 Å². The quantitative estimate of drug-likeness (QED) is 0.151. The van der Waals surface area contributed by atoms with E-state index >= 15 is 0 Å². The molecule has 12 aromatic rings. The second kappa shape index (κ2) is 15.8. The number of nitrogens with zero attached hydrogens (tertiary/aromatic N) is 1. The zero-order valence-corrected chi connectivity index (χ0v) is 38.7. The van der Waals surface area contributed by atoms with E-state index in [1.165, 1.54) is 74.5 Å². The maximum atomic E-state index is 6.47. The molecule has 1 aliphatic rings. The summed E-state index contributed by atoms with van der Waals surface area (Å²) in [5.74, 6) is 0. The molecule has 10 aromatic carbocycles. The predicted octanol–water partition coefficient (Wildman–Crippen LogP) is 18.9. The largest absolute Gasteiger partial charge is 0.455 e. The van der Waals surface area contributed by atoms with Crippen LogP contribution in [0.1, 0.15) is 25.0 Å². The van der Waals surface area contributed by atoms with Crippen molar-refractivity contribution in [2.45, 2.75) is 29.1 Å². The normalized spacial score (nSPS) is 12.8. The molecule has 0 fully saturated rings. The molecule has 318 valence electrons. The van der Waals surface area contributed by atoms with Crippen LogP contribution in [0.4, 0.5) is 17.1 Å². The molecule has 0 atom stereocenters. The van der Waals surface area contributed by atoms with Crippen molar-refractivity contribution in [2.24, 2.45) is 0 Å². The molecule has 0 bridgehead atoms. The van der Waals surface area contributed by atoms with Gasteiger partial charge in [-0.3, -0.25) is 0 Å². The maximum absolute atomic E-state index is 6.47. The van der Waals surface area contributed by atoms with Crippen molar-refractivity contribution in [3.8, 4) is 44.5 Å². The number of benzene rings is 10. The maximum Gasteiger partial charge on any atom is 0.143 e. The number of para-hydroxylation sites is 2. The lowest BCUT2D eigenvalue weighted by Gasteiger charge is -2.26. The Morgan fingerprint density at radius 1 is 0.403 bits per heavy atom. The van der Waals surface area contributed by atoms with Crippen LogP contribution in [0.3, 0.4) is 0 Å². The average molecular weight is 894 g/mol. The van der Waals surface area contributed by atoms with E-state index in [1.807, 2.05) is 35.2 Å². The number of rotatable bonds is 8. The van der Waals surface area contributed by atoms with E-state index in [4.69, 9.17) is 4.42 Å². The molecule has 0 saturated heterocycles. The standard InChI is InChI=1S/C63H43NOS2/c1-63(2)54-22-7-3-17-53(54)60-55(63)23-13-27-59(60)66-57-25-9-5-14-46(57)40-28-34-43(35-29-40)64(44-36-30-41(31-37-44)47-18-11-20-51-49-15-4-8-24-56(49)65-61(47)51)45-38-32-42(33-39-45)48-19-12-21-52-50-16-6-10-26-58(50)67-62(48)52/h3-39H,1-2H3. The zero-order valence-electron chi connectivity index (χ0n) is 37.0. The van der Waals surface area contributed by atoms with E-state index in [-0.39, 0.29) is 5.41 Å². The van der Waals surface area contributed by atoms with E-state index in [1.54, 1.807) is 0 Å². The van der Waals surface area contributed by atoms with Crippen LogP contribution in [-0.4, -0.2) is 0 Å². The zero-order chi connectivity index (χ0) is 44.6. The minimum atomic E-state index is -0.0415. The van der Waals surface area contributed by atoms with Gasteiger partial charge in [0.2, 0.25) is 0 Å². The molecule has 0 saturated carbocycles. The second-order valence-corrected chi connectivity index (χ2v) is 20.1. The molecule has 0 unspecified atom stereocenters. The molecule has 2 aromatic heterocycles. The lowest BCUT2D eigenvalue weighted by Crippen LogP contribution is -2.14. The third-order valence-electron chi connectivity index (χ3n) is 13.8. The van der Waals surface area contributed by atoms with E-state index < -0.39 is 0 Å². The summed E-state index contributed by atoms with van der Waals surface area (Å²) in [6, 6.07) is 81.8. The number of hydrogen-bond donors (Lipinski definition) is 0. The number of hydrogen-bond acceptors (Lipinski definition) is 4. The van der Waals surface area contributed by atoms with Crippen LogP contribution >= 0.6 is 23.1 Å². The SMILES string of the molecule is CC1(C)c2ccccc2-c2c(Sc3ccccc3-c3ccc(N(c4ccc(-c5cccc6c5oc5ccccc56)cc4)c4ccc(-c5cccc6c5sc5ccccc56)cc4)cc3)cccc21. The van der Waals surface area contributed by atoms with E-state index in [9.17, 15) is 0 Å². The highest BCUT2D eigenvalue weighted by Gasteiger charge is 2.36. The summed E-state index contributed by atoms with van der Waals surface area (Å²) >= 11 is 3.74. The van der Waals surface area contributed by atoms with Gasteiger partial charge in [0, 0.05) is 68.8 Å². The minimum Gasteiger partial charge on any atom is -0.455 e. The molecule has 0 N–H and O–H groups in total. The molecular formula is C63H43NOS2. The lowest BCUT2D eigenvalue weighted by atomic mass is 9.82. The van der Waals surface area contributed by atoms with Gasteiger partial charge in [0.1, 0.15) is 11.2 Å². The van der Waals surface area contributed by atoms with Gasteiger partial charge in [-0.1, -0.05) is 189 Å². The summed E-state index contributed by atoms with van der Waals surface area (Å²) in [6.07, 6.45) is 0. The first-order valence-corrected chi connectivity index (χ1v) is 24.5. The van der Waals surface area contributed by atoms with Crippen molar-refractivity contribution >= 4 is 82.3 Å². The summed E-state index contributed by atoms with van der Waals surface area (Å²) in [5.41, 5.74) is 17.6. The lowest BCUT2D eigenvalue weighted by molar-refractivity contribution is 0.659. The molecule has 1 aliphatic carbocycles. The molecular weight excluding hydrogens is 851 g/mol. The van der Waals surface area contributed by atoms with E-state index in [0.29, 0.717) is 0 Å². The third kappa shape index (κ3) is 6.54. The Morgan fingerprint density at radius 2 is 0.910 bits per heavy atom. The van der Waals surface area contributed by atoms with Gasteiger partial charge in [-0.15, -0.1) is 11.3 Å². The van der Waals surface area contributed by atoms with E-state index in [2.05, 4.69) is 231 Å². The van der Waals surface area contributed by atoms with Gasteiger partial charge < -0.3 is 9.32 Å². The fourth-order valence-corrected chi connectivity index (χ4v) is 12.9. The highest BCUT2D eigenvalue weighted by Crippen LogP contribution is 2.53. The van der Waals surface area contributed by atoms with Crippen molar-refractivity contribution < 1.29 is 4.42 Å². The summed E-state index contributed by atoms with van der Waals surface area (Å²) < 4.78 is 9.10. The van der Waals surface area contributed by atoms with Gasteiger partial charge in [-0.05, 0) is 111 Å². The summed E-state index contributed by atoms with van der Waals surface area (Å²) in [4.78, 5) is 4.89. The van der Waals surface area contributed by atoms with Crippen LogP contribution in [0.25, 0.3) is 86.6 Å². The summed E-state index contributed by atoms with van der Waals surface area (Å²) in [7, 11) is 0. The molecule has 67 heavy (non-hydrogen) atoms. The summed E-state index contributed by atoms with van der Waals surface area (Å²) in [6.45, 7) is 4.70. The van der Waals surface area contributed by atoms with Crippen LogP contribution in [0.5, 0.6) is 0 Å². The Balaban J connectivity index is 0.880. The molecule has 0 amide bonds. The Bertz CT molecular complexity index is 3700. The fourth-order valence-electron chi connectivity index (χ4n) is 10.5. The first kappa shape index (κ1) is 39.7.